The standard InChI is InChI=1S/C9H16NO2PS/c1-11-13(14)10-7-9(12-13)8-5-3-2-4-6-8/h2-3,8-9H,4-7H2,1H3,(H,10,14). The Balaban J connectivity index is 1.95. The van der Waals surface area contributed by atoms with E-state index in [1.807, 2.05) is 0 Å². The van der Waals surface area contributed by atoms with E-state index in [2.05, 4.69) is 17.2 Å². The molecule has 3 unspecified atom stereocenters. The van der Waals surface area contributed by atoms with Crippen LogP contribution in [-0.2, 0) is 20.9 Å². The van der Waals surface area contributed by atoms with Gasteiger partial charge in [0.25, 0.3) is 6.64 Å². The van der Waals surface area contributed by atoms with Crippen LogP contribution in [0.4, 0.5) is 0 Å². The van der Waals surface area contributed by atoms with Crippen LogP contribution >= 0.6 is 6.64 Å². The summed E-state index contributed by atoms with van der Waals surface area (Å²) in [6.45, 7) is -1.26. The molecule has 80 valence electrons. The van der Waals surface area contributed by atoms with Crippen LogP contribution in [0, 0.1) is 5.92 Å². The van der Waals surface area contributed by atoms with Crippen molar-refractivity contribution in [3.05, 3.63) is 12.2 Å². The van der Waals surface area contributed by atoms with Crippen LogP contribution in [0.25, 0.3) is 0 Å². The van der Waals surface area contributed by atoms with Crippen molar-refractivity contribution < 1.29 is 9.05 Å². The molecule has 0 aromatic carbocycles. The minimum absolute atomic E-state index is 0.255. The topological polar surface area (TPSA) is 30.5 Å². The molecular formula is C9H16NO2PS. The molecule has 0 spiro atoms. The Hall–Kier alpha value is 0.270. The first-order chi connectivity index (χ1) is 6.73. The summed E-state index contributed by atoms with van der Waals surface area (Å²) < 4.78 is 11.0. The molecule has 5 heteroatoms. The normalized spacial score (nSPS) is 42.9. The summed E-state index contributed by atoms with van der Waals surface area (Å²) in [5, 5.41) is 3.19. The highest BCUT2D eigenvalue weighted by atomic mass is 32.5. The molecule has 3 atom stereocenters. The number of rotatable bonds is 2. The summed E-state index contributed by atoms with van der Waals surface area (Å²) in [6.07, 6.45) is 8.23. The van der Waals surface area contributed by atoms with Crippen molar-refractivity contribution in [2.24, 2.45) is 5.92 Å². The highest BCUT2D eigenvalue weighted by molar-refractivity contribution is 8.09. The quantitative estimate of drug-likeness (QED) is 0.585. The Morgan fingerprint density at radius 2 is 2.43 bits per heavy atom. The van der Waals surface area contributed by atoms with Crippen molar-refractivity contribution in [1.29, 1.82) is 0 Å². The van der Waals surface area contributed by atoms with Gasteiger partial charge in [-0.1, -0.05) is 12.2 Å². The second-order valence-electron chi connectivity index (χ2n) is 3.73. The molecule has 0 amide bonds. The molecular weight excluding hydrogens is 217 g/mol. The van der Waals surface area contributed by atoms with E-state index in [4.69, 9.17) is 20.9 Å². The summed E-state index contributed by atoms with van der Waals surface area (Å²) in [7, 11) is 1.62. The maximum absolute atomic E-state index is 5.80. The zero-order chi connectivity index (χ0) is 10.0. The summed E-state index contributed by atoms with van der Waals surface area (Å²) in [4.78, 5) is 0. The van der Waals surface area contributed by atoms with Crippen molar-refractivity contribution in [3.63, 3.8) is 0 Å². The Bertz CT molecular complexity index is 282. The van der Waals surface area contributed by atoms with E-state index < -0.39 is 6.64 Å². The van der Waals surface area contributed by atoms with Crippen LogP contribution in [0.15, 0.2) is 12.2 Å². The zero-order valence-corrected chi connectivity index (χ0v) is 10.0. The van der Waals surface area contributed by atoms with Crippen molar-refractivity contribution in [3.8, 4) is 0 Å². The monoisotopic (exact) mass is 233 g/mol. The van der Waals surface area contributed by atoms with E-state index in [0.717, 1.165) is 13.0 Å². The summed E-state index contributed by atoms with van der Waals surface area (Å²) >= 11 is 5.25. The van der Waals surface area contributed by atoms with Gasteiger partial charge >= 0.3 is 0 Å². The molecule has 1 saturated heterocycles. The van der Waals surface area contributed by atoms with Gasteiger partial charge < -0.3 is 9.05 Å². The van der Waals surface area contributed by atoms with Crippen molar-refractivity contribution in [2.75, 3.05) is 13.7 Å². The number of hydrogen-bond acceptors (Lipinski definition) is 3. The minimum Gasteiger partial charge on any atom is -0.321 e. The van der Waals surface area contributed by atoms with Crippen molar-refractivity contribution >= 4 is 18.4 Å². The van der Waals surface area contributed by atoms with Gasteiger partial charge in [0, 0.05) is 13.7 Å². The van der Waals surface area contributed by atoms with Gasteiger partial charge in [0.2, 0.25) is 0 Å². The molecule has 0 aromatic heterocycles. The Kier molecular flexibility index (Phi) is 3.40. The van der Waals surface area contributed by atoms with Crippen molar-refractivity contribution in [1.82, 2.24) is 5.09 Å². The highest BCUT2D eigenvalue weighted by Crippen LogP contribution is 2.50. The minimum atomic E-state index is -2.11. The van der Waals surface area contributed by atoms with Crippen LogP contribution in [-0.4, -0.2) is 19.8 Å². The first kappa shape index (κ1) is 10.8. The van der Waals surface area contributed by atoms with Gasteiger partial charge in [-0.15, -0.1) is 0 Å². The van der Waals surface area contributed by atoms with Crippen molar-refractivity contribution in [2.45, 2.75) is 25.4 Å². The van der Waals surface area contributed by atoms with Crippen LogP contribution in [0.5, 0.6) is 0 Å². The van der Waals surface area contributed by atoms with Gasteiger partial charge in [0.1, 0.15) is 0 Å². The molecule has 3 nitrogen and oxygen atoms in total. The van der Waals surface area contributed by atoms with Gasteiger partial charge in [0.05, 0.1) is 6.10 Å². The molecule has 0 saturated carbocycles. The lowest BCUT2D eigenvalue weighted by Gasteiger charge is -2.23. The van der Waals surface area contributed by atoms with Gasteiger partial charge in [-0.25, -0.2) is 5.09 Å². The maximum Gasteiger partial charge on any atom is 0.261 e. The largest absolute Gasteiger partial charge is 0.321 e. The number of allylic oxidation sites excluding steroid dienone is 2. The first-order valence-electron chi connectivity index (χ1n) is 4.98. The lowest BCUT2D eigenvalue weighted by Crippen LogP contribution is -2.25. The zero-order valence-electron chi connectivity index (χ0n) is 8.31. The fourth-order valence-corrected chi connectivity index (χ4v) is 3.82. The van der Waals surface area contributed by atoms with E-state index >= 15 is 0 Å². The lowest BCUT2D eigenvalue weighted by molar-refractivity contribution is 0.154. The van der Waals surface area contributed by atoms with Crippen LogP contribution in [0.1, 0.15) is 19.3 Å². The molecule has 0 aromatic rings. The summed E-state index contributed by atoms with van der Waals surface area (Å²) in [5.41, 5.74) is 0. The third-order valence-corrected chi connectivity index (χ3v) is 5.53. The Morgan fingerprint density at radius 3 is 3.00 bits per heavy atom. The molecule has 1 aliphatic carbocycles. The Morgan fingerprint density at radius 1 is 1.57 bits per heavy atom. The average Bonchev–Trinajstić information content (AvgIpc) is 2.63. The maximum atomic E-state index is 5.80. The van der Waals surface area contributed by atoms with Crippen LogP contribution in [0.2, 0.25) is 0 Å². The highest BCUT2D eigenvalue weighted by Gasteiger charge is 2.35. The van der Waals surface area contributed by atoms with E-state index in [1.165, 1.54) is 12.8 Å². The third kappa shape index (κ3) is 2.26. The molecule has 2 rings (SSSR count). The molecule has 14 heavy (non-hydrogen) atoms. The smallest absolute Gasteiger partial charge is 0.261 e. The molecule has 1 aliphatic heterocycles. The average molecular weight is 233 g/mol. The van der Waals surface area contributed by atoms with Gasteiger partial charge in [-0.3, -0.25) is 0 Å². The molecule has 2 aliphatic rings. The third-order valence-electron chi connectivity index (χ3n) is 2.84. The van der Waals surface area contributed by atoms with Crippen LogP contribution < -0.4 is 5.09 Å². The van der Waals surface area contributed by atoms with E-state index in [0.29, 0.717) is 5.92 Å². The van der Waals surface area contributed by atoms with Gasteiger partial charge in [-0.05, 0) is 37.0 Å². The predicted octanol–water partition coefficient (Wildman–Crippen LogP) is 2.20. The fourth-order valence-electron chi connectivity index (χ4n) is 1.97. The van der Waals surface area contributed by atoms with E-state index in [1.54, 1.807) is 7.11 Å². The molecule has 1 fully saturated rings. The summed E-state index contributed by atoms with van der Waals surface area (Å²) in [5.74, 6) is 0.618. The lowest BCUT2D eigenvalue weighted by atomic mass is 9.89. The summed E-state index contributed by atoms with van der Waals surface area (Å²) in [6, 6.07) is 0. The molecule has 1 N–H and O–H groups in total. The van der Waals surface area contributed by atoms with Gasteiger partial charge in [-0.2, -0.15) is 0 Å². The first-order valence-corrected chi connectivity index (χ1v) is 7.61. The fraction of sp³-hybridized carbons (Fsp3) is 0.778. The SMILES string of the molecule is COP1(=S)NCC(C2CC=CCC2)O1. The van der Waals surface area contributed by atoms with Gasteiger partial charge in [0.15, 0.2) is 0 Å². The second-order valence-corrected chi connectivity index (χ2v) is 7.06. The van der Waals surface area contributed by atoms with Crippen LogP contribution in [0.3, 0.4) is 0 Å². The Labute approximate surface area is 90.1 Å². The number of nitrogens with one attached hydrogen (secondary N) is 1. The second kappa shape index (κ2) is 4.42. The molecule has 1 heterocycles. The predicted molar refractivity (Wildman–Crippen MR) is 60.7 cm³/mol. The number of hydrogen-bond donors (Lipinski definition) is 1. The van der Waals surface area contributed by atoms with E-state index in [-0.39, 0.29) is 6.10 Å². The van der Waals surface area contributed by atoms with E-state index in [9.17, 15) is 0 Å². The molecule has 0 radical (unpaired) electrons. The molecule has 0 bridgehead atoms.